The first-order valence-electron chi connectivity index (χ1n) is 5.52. The zero-order chi connectivity index (χ0) is 11.0. The van der Waals surface area contributed by atoms with Gasteiger partial charge in [-0.2, -0.15) is 5.26 Å². The molecule has 1 aliphatic heterocycles. The third-order valence-electron chi connectivity index (χ3n) is 3.17. The molecule has 2 heteroatoms. The van der Waals surface area contributed by atoms with Crippen LogP contribution < -0.4 is 5.32 Å². The highest BCUT2D eigenvalue weighted by molar-refractivity contribution is 5.96. The fraction of sp³-hybridized carbons (Fsp3) is 0.214. The zero-order valence-electron chi connectivity index (χ0n) is 8.90. The van der Waals surface area contributed by atoms with E-state index < -0.39 is 0 Å². The molecule has 3 rings (SSSR count). The molecule has 1 N–H and O–H groups in total. The number of anilines is 1. The second kappa shape index (κ2) is 3.53. The van der Waals surface area contributed by atoms with Gasteiger partial charge in [-0.1, -0.05) is 36.4 Å². The lowest BCUT2D eigenvalue weighted by molar-refractivity contribution is 0.773. The Balaban J connectivity index is 2.11. The van der Waals surface area contributed by atoms with Gasteiger partial charge in [-0.25, -0.2) is 0 Å². The summed E-state index contributed by atoms with van der Waals surface area (Å²) in [6.07, 6.45) is 1.54. The number of nitrogens with zero attached hydrogens (tertiary/aromatic N) is 1. The molecule has 0 saturated heterocycles. The lowest BCUT2D eigenvalue weighted by Gasteiger charge is -2.07. The minimum Gasteiger partial charge on any atom is -0.380 e. The summed E-state index contributed by atoms with van der Waals surface area (Å²) in [6, 6.07) is 15.2. The van der Waals surface area contributed by atoms with Gasteiger partial charge in [-0.15, -0.1) is 0 Å². The van der Waals surface area contributed by atoms with Gasteiger partial charge in [0, 0.05) is 17.1 Å². The van der Waals surface area contributed by atoms with E-state index in [1.165, 1.54) is 22.0 Å². The molecule has 1 atom stereocenters. The Kier molecular flexibility index (Phi) is 2.04. The molecule has 0 bridgehead atoms. The number of fused-ring (bicyclic) bond motifs is 3. The highest BCUT2D eigenvalue weighted by Crippen LogP contribution is 2.34. The first-order valence-corrected chi connectivity index (χ1v) is 5.52. The maximum absolute atomic E-state index is 8.73. The van der Waals surface area contributed by atoms with Crippen molar-refractivity contribution in [2.45, 2.75) is 18.9 Å². The fourth-order valence-electron chi connectivity index (χ4n) is 2.41. The Morgan fingerprint density at radius 2 is 2.12 bits per heavy atom. The van der Waals surface area contributed by atoms with Crippen molar-refractivity contribution in [1.29, 1.82) is 5.26 Å². The van der Waals surface area contributed by atoms with E-state index in [9.17, 15) is 0 Å². The SMILES string of the molecule is N#CCC1Cc2ccc3ccccc3c2N1. The van der Waals surface area contributed by atoms with Crippen LogP contribution in [0.2, 0.25) is 0 Å². The molecular formula is C14H12N2. The molecule has 0 aromatic heterocycles. The monoisotopic (exact) mass is 208 g/mol. The highest BCUT2D eigenvalue weighted by Gasteiger charge is 2.21. The molecule has 0 saturated carbocycles. The van der Waals surface area contributed by atoms with Gasteiger partial charge in [-0.05, 0) is 17.4 Å². The van der Waals surface area contributed by atoms with Gasteiger partial charge in [0.15, 0.2) is 0 Å². The van der Waals surface area contributed by atoms with Crippen molar-refractivity contribution >= 4 is 16.5 Å². The molecule has 0 fully saturated rings. The van der Waals surface area contributed by atoms with Crippen LogP contribution in [0.15, 0.2) is 36.4 Å². The molecule has 16 heavy (non-hydrogen) atoms. The van der Waals surface area contributed by atoms with Gasteiger partial charge < -0.3 is 5.32 Å². The summed E-state index contributed by atoms with van der Waals surface area (Å²) in [5.74, 6) is 0. The minimum absolute atomic E-state index is 0.283. The van der Waals surface area contributed by atoms with Crippen LogP contribution in [0.4, 0.5) is 5.69 Å². The van der Waals surface area contributed by atoms with Crippen LogP contribution in [-0.4, -0.2) is 6.04 Å². The highest BCUT2D eigenvalue weighted by atomic mass is 14.9. The summed E-state index contributed by atoms with van der Waals surface area (Å²) in [4.78, 5) is 0. The Bertz CT molecular complexity index is 581. The Hall–Kier alpha value is -2.01. The van der Waals surface area contributed by atoms with Crippen LogP contribution in [0, 0.1) is 11.3 Å². The molecular weight excluding hydrogens is 196 g/mol. The summed E-state index contributed by atoms with van der Waals surface area (Å²) < 4.78 is 0. The Morgan fingerprint density at radius 1 is 1.25 bits per heavy atom. The number of rotatable bonds is 1. The third-order valence-corrected chi connectivity index (χ3v) is 3.17. The number of nitriles is 1. The van der Waals surface area contributed by atoms with E-state index in [4.69, 9.17) is 5.26 Å². The van der Waals surface area contributed by atoms with E-state index in [1.807, 2.05) is 0 Å². The third kappa shape index (κ3) is 1.33. The first kappa shape index (κ1) is 9.23. The predicted molar refractivity (Wildman–Crippen MR) is 65.3 cm³/mol. The molecule has 0 amide bonds. The number of benzene rings is 2. The lowest BCUT2D eigenvalue weighted by Crippen LogP contribution is -2.13. The van der Waals surface area contributed by atoms with Crippen molar-refractivity contribution < 1.29 is 0 Å². The van der Waals surface area contributed by atoms with Gasteiger partial charge in [0.1, 0.15) is 0 Å². The topological polar surface area (TPSA) is 35.8 Å². The van der Waals surface area contributed by atoms with Gasteiger partial charge in [-0.3, -0.25) is 0 Å². The molecule has 2 aromatic rings. The van der Waals surface area contributed by atoms with Crippen molar-refractivity contribution in [2.24, 2.45) is 0 Å². The van der Waals surface area contributed by atoms with E-state index in [2.05, 4.69) is 47.8 Å². The summed E-state index contributed by atoms with van der Waals surface area (Å²) in [6.45, 7) is 0. The van der Waals surface area contributed by atoms with Gasteiger partial charge in [0.25, 0.3) is 0 Å². The summed E-state index contributed by atoms with van der Waals surface area (Å²) in [5, 5.41) is 14.7. The zero-order valence-corrected chi connectivity index (χ0v) is 8.90. The quantitative estimate of drug-likeness (QED) is 0.781. The Labute approximate surface area is 94.5 Å². The van der Waals surface area contributed by atoms with Crippen LogP contribution in [0.3, 0.4) is 0 Å². The molecule has 0 aliphatic carbocycles. The largest absolute Gasteiger partial charge is 0.380 e. The van der Waals surface area contributed by atoms with Crippen molar-refractivity contribution in [3.63, 3.8) is 0 Å². The van der Waals surface area contributed by atoms with E-state index in [1.54, 1.807) is 0 Å². The van der Waals surface area contributed by atoms with Crippen molar-refractivity contribution in [1.82, 2.24) is 0 Å². The first-order chi connectivity index (χ1) is 7.88. The minimum atomic E-state index is 0.283. The average Bonchev–Trinajstić information content (AvgIpc) is 2.72. The summed E-state index contributed by atoms with van der Waals surface area (Å²) in [5.41, 5.74) is 2.55. The van der Waals surface area contributed by atoms with Crippen molar-refractivity contribution in [3.05, 3.63) is 42.0 Å². The molecule has 0 spiro atoms. The van der Waals surface area contributed by atoms with Crippen LogP contribution >= 0.6 is 0 Å². The maximum Gasteiger partial charge on any atom is 0.0643 e. The standard InChI is InChI=1S/C14H12N2/c15-8-7-12-9-11-6-5-10-3-1-2-4-13(10)14(11)16-12/h1-6,12,16H,7,9H2. The molecule has 2 aromatic carbocycles. The molecule has 1 heterocycles. The smallest absolute Gasteiger partial charge is 0.0643 e. The van der Waals surface area contributed by atoms with Gasteiger partial charge in [0.2, 0.25) is 0 Å². The summed E-state index contributed by atoms with van der Waals surface area (Å²) in [7, 11) is 0. The van der Waals surface area contributed by atoms with E-state index in [0.29, 0.717) is 6.42 Å². The van der Waals surface area contributed by atoms with Gasteiger partial charge in [0.05, 0.1) is 12.5 Å². The van der Waals surface area contributed by atoms with Gasteiger partial charge >= 0.3 is 0 Å². The number of hydrogen-bond acceptors (Lipinski definition) is 2. The maximum atomic E-state index is 8.73. The van der Waals surface area contributed by atoms with Crippen molar-refractivity contribution in [2.75, 3.05) is 5.32 Å². The molecule has 1 aliphatic rings. The second-order valence-electron chi connectivity index (χ2n) is 4.23. The fourth-order valence-corrected chi connectivity index (χ4v) is 2.41. The normalized spacial score (nSPS) is 17.8. The lowest BCUT2D eigenvalue weighted by atomic mass is 10.0. The Morgan fingerprint density at radius 3 is 3.00 bits per heavy atom. The van der Waals surface area contributed by atoms with E-state index in [0.717, 1.165) is 6.42 Å². The summed E-state index contributed by atoms with van der Waals surface area (Å²) >= 11 is 0. The number of nitrogens with one attached hydrogen (secondary N) is 1. The van der Waals surface area contributed by atoms with E-state index >= 15 is 0 Å². The van der Waals surface area contributed by atoms with E-state index in [-0.39, 0.29) is 6.04 Å². The van der Waals surface area contributed by atoms with Crippen LogP contribution in [-0.2, 0) is 6.42 Å². The van der Waals surface area contributed by atoms with Crippen LogP contribution in [0.5, 0.6) is 0 Å². The average molecular weight is 208 g/mol. The molecule has 1 unspecified atom stereocenters. The predicted octanol–water partition coefficient (Wildman–Crippen LogP) is 3.09. The molecule has 0 radical (unpaired) electrons. The van der Waals surface area contributed by atoms with Crippen LogP contribution in [0.1, 0.15) is 12.0 Å². The van der Waals surface area contributed by atoms with Crippen molar-refractivity contribution in [3.8, 4) is 6.07 Å². The van der Waals surface area contributed by atoms with Crippen LogP contribution in [0.25, 0.3) is 10.8 Å². The second-order valence-corrected chi connectivity index (χ2v) is 4.23. The molecule has 2 nitrogen and oxygen atoms in total. The molecule has 78 valence electrons. The number of hydrogen-bond donors (Lipinski definition) is 1.